The van der Waals surface area contributed by atoms with Crippen molar-refractivity contribution in [2.24, 2.45) is 11.5 Å². The van der Waals surface area contributed by atoms with Gasteiger partial charge in [0.05, 0.1) is 16.8 Å². The van der Waals surface area contributed by atoms with E-state index in [1.54, 1.807) is 0 Å². The molecule has 1 aliphatic carbocycles. The maximum atomic E-state index is 7.32. The molecule has 1 heterocycles. The average Bonchev–Trinajstić information content (AvgIpc) is 3.64. The predicted molar refractivity (Wildman–Crippen MR) is 258 cm³/mol. The van der Waals surface area contributed by atoms with Crippen molar-refractivity contribution in [3.63, 3.8) is 0 Å². The molecule has 0 amide bonds. The first-order chi connectivity index (χ1) is 30.6. The molecule has 0 saturated carbocycles. The molecule has 62 heavy (non-hydrogen) atoms. The van der Waals surface area contributed by atoms with Crippen LogP contribution in [0.3, 0.4) is 0 Å². The fourth-order valence-corrected chi connectivity index (χ4v) is 10.2. The van der Waals surface area contributed by atoms with Gasteiger partial charge >= 0.3 is 0 Å². The second-order valence-corrected chi connectivity index (χ2v) is 16.4. The topological polar surface area (TPSA) is 55.3 Å². The van der Waals surface area contributed by atoms with Crippen LogP contribution in [0.1, 0.15) is 50.9 Å². The van der Waals surface area contributed by atoms with Gasteiger partial charge in [-0.25, -0.2) is 0 Å². The number of para-hydroxylation sites is 3. The highest BCUT2D eigenvalue weighted by atomic mass is 15.2. The highest BCUT2D eigenvalue weighted by Crippen LogP contribution is 2.63. The van der Waals surface area contributed by atoms with Crippen molar-refractivity contribution in [3.8, 4) is 33.4 Å². The summed E-state index contributed by atoms with van der Waals surface area (Å²) in [5, 5.41) is 0. The van der Waals surface area contributed by atoms with Gasteiger partial charge in [0, 0.05) is 23.3 Å². The Morgan fingerprint density at radius 2 is 0.935 bits per heavy atom. The van der Waals surface area contributed by atoms with Gasteiger partial charge in [-0.2, -0.15) is 0 Å². The lowest BCUT2D eigenvalue weighted by Crippen LogP contribution is -2.36. The van der Waals surface area contributed by atoms with E-state index in [1.807, 2.05) is 36.4 Å². The maximum Gasteiger partial charge on any atom is 0.0754 e. The van der Waals surface area contributed by atoms with E-state index >= 15 is 0 Å². The zero-order chi connectivity index (χ0) is 41.6. The number of nitrogens with two attached hydrogens (primary N) is 2. The van der Waals surface area contributed by atoms with Gasteiger partial charge in [0.25, 0.3) is 0 Å². The molecule has 1 unspecified atom stereocenters. The largest absolute Gasteiger partial charge is 0.398 e. The Kier molecular flexibility index (Phi) is 9.26. The van der Waals surface area contributed by atoms with E-state index in [4.69, 9.17) is 11.5 Å². The molecule has 0 radical (unpaired) electrons. The van der Waals surface area contributed by atoms with Gasteiger partial charge in [0.15, 0.2) is 0 Å². The van der Waals surface area contributed by atoms with Crippen molar-refractivity contribution < 1.29 is 0 Å². The second kappa shape index (κ2) is 15.4. The molecular formula is C59H45N3. The summed E-state index contributed by atoms with van der Waals surface area (Å²) in [7, 11) is 0. The van der Waals surface area contributed by atoms with Gasteiger partial charge in [0.1, 0.15) is 0 Å². The Morgan fingerprint density at radius 3 is 1.61 bits per heavy atom. The minimum atomic E-state index is -0.511. The molecule has 296 valence electrons. The lowest BCUT2D eigenvalue weighted by molar-refractivity contribution is 0.648. The highest BCUT2D eigenvalue weighted by Gasteiger charge is 2.51. The fourth-order valence-electron chi connectivity index (χ4n) is 10.2. The van der Waals surface area contributed by atoms with E-state index in [0.717, 1.165) is 39.1 Å². The number of hydrogen-bond acceptors (Lipinski definition) is 3. The summed E-state index contributed by atoms with van der Waals surface area (Å²) < 4.78 is 0. The lowest BCUT2D eigenvalue weighted by Gasteiger charge is -2.45. The predicted octanol–water partition coefficient (Wildman–Crippen LogP) is 14.0. The molecule has 4 N–H and O–H groups in total. The van der Waals surface area contributed by atoms with Crippen molar-refractivity contribution >= 4 is 22.8 Å². The highest BCUT2D eigenvalue weighted by molar-refractivity contribution is 5.96. The van der Waals surface area contributed by atoms with Crippen LogP contribution in [0.5, 0.6) is 0 Å². The van der Waals surface area contributed by atoms with Crippen LogP contribution in [0.15, 0.2) is 237 Å². The van der Waals surface area contributed by atoms with Gasteiger partial charge in [0.2, 0.25) is 0 Å². The van der Waals surface area contributed by atoms with Crippen LogP contribution < -0.4 is 16.4 Å². The smallest absolute Gasteiger partial charge is 0.0754 e. The number of anilines is 3. The standard InChI is InChI=1S/C59H45N3/c60-55(43-20-6-2-7-21-43)39-50(41-18-4-1-5-19-41)58(61)49-26-11-10-24-46(49)42-34-32-40(33-35-42)44-36-37-48-47-25-12-13-27-51(47)59(54(48)38-44)52-28-14-16-30-56(52)62(45-22-8-3-9-23-45)57-31-17-15-29-53(57)59/h1-39,50,58H,60-61H2/b55-39-/t50-,58?/m0/s1. The molecule has 1 spiro atoms. The third kappa shape index (κ3) is 6.01. The van der Waals surface area contributed by atoms with E-state index in [1.165, 1.54) is 50.3 Å². The SMILES string of the molecule is N/C(=C\[C@@H](c1ccccc1)C(N)c1ccccc1-c1ccc(-c2ccc3c(c2)C2(c4ccccc4-3)c3ccccc3N(c3ccccc3)c3ccccc32)cc1)c1ccccc1. The molecule has 3 nitrogen and oxygen atoms in total. The molecule has 3 heteroatoms. The van der Waals surface area contributed by atoms with Crippen molar-refractivity contribution in [1.29, 1.82) is 0 Å². The number of hydrogen-bond donors (Lipinski definition) is 2. The van der Waals surface area contributed by atoms with Gasteiger partial charge in [-0.3, -0.25) is 0 Å². The molecular weight excluding hydrogens is 751 g/mol. The Hall–Kier alpha value is -7.72. The minimum Gasteiger partial charge on any atom is -0.398 e. The number of nitrogens with zero attached hydrogens (tertiary/aromatic N) is 1. The number of fused-ring (bicyclic) bond motifs is 9. The maximum absolute atomic E-state index is 7.32. The quantitative estimate of drug-likeness (QED) is 0.161. The molecule has 9 aromatic rings. The first-order valence-corrected chi connectivity index (χ1v) is 21.4. The fraction of sp³-hybridized carbons (Fsp3) is 0.0508. The van der Waals surface area contributed by atoms with E-state index in [0.29, 0.717) is 5.70 Å². The summed E-state index contributed by atoms with van der Waals surface area (Å²) in [5.74, 6) is -0.144. The second-order valence-electron chi connectivity index (χ2n) is 16.4. The summed E-state index contributed by atoms with van der Waals surface area (Å²) in [6.07, 6.45) is 2.12. The molecule has 0 saturated heterocycles. The Bertz CT molecular complexity index is 3050. The molecule has 1 aliphatic heterocycles. The molecule has 2 atom stereocenters. The molecule has 2 aliphatic rings. The van der Waals surface area contributed by atoms with Gasteiger partial charge in [-0.05, 0) is 103 Å². The molecule has 0 bridgehead atoms. The van der Waals surface area contributed by atoms with E-state index in [-0.39, 0.29) is 12.0 Å². The van der Waals surface area contributed by atoms with Crippen LogP contribution >= 0.6 is 0 Å². The van der Waals surface area contributed by atoms with E-state index in [2.05, 4.69) is 205 Å². The van der Waals surface area contributed by atoms with Gasteiger partial charge < -0.3 is 16.4 Å². The molecule has 0 fully saturated rings. The van der Waals surface area contributed by atoms with E-state index < -0.39 is 5.41 Å². The Morgan fingerprint density at radius 1 is 0.435 bits per heavy atom. The molecule has 0 aromatic heterocycles. The van der Waals surface area contributed by atoms with Crippen LogP contribution in [0.2, 0.25) is 0 Å². The molecule has 9 aromatic carbocycles. The van der Waals surface area contributed by atoms with Crippen molar-refractivity contribution in [2.45, 2.75) is 17.4 Å². The van der Waals surface area contributed by atoms with Gasteiger partial charge in [-0.1, -0.05) is 206 Å². The zero-order valence-electron chi connectivity index (χ0n) is 34.3. The van der Waals surface area contributed by atoms with Crippen LogP contribution in [-0.4, -0.2) is 0 Å². The molecule has 11 rings (SSSR count). The van der Waals surface area contributed by atoms with Crippen molar-refractivity contribution in [2.75, 3.05) is 4.90 Å². The average molecular weight is 796 g/mol. The first kappa shape index (κ1) is 37.3. The number of rotatable bonds is 8. The van der Waals surface area contributed by atoms with Crippen molar-refractivity contribution in [3.05, 3.63) is 276 Å². The Labute approximate surface area is 363 Å². The van der Waals surface area contributed by atoms with Crippen LogP contribution in [-0.2, 0) is 5.41 Å². The Balaban J connectivity index is 1.01. The first-order valence-electron chi connectivity index (χ1n) is 21.4. The minimum absolute atomic E-state index is 0.144. The summed E-state index contributed by atoms with van der Waals surface area (Å²) in [6.45, 7) is 0. The summed E-state index contributed by atoms with van der Waals surface area (Å²) in [6, 6.07) is 82.5. The zero-order valence-corrected chi connectivity index (χ0v) is 34.3. The summed E-state index contributed by atoms with van der Waals surface area (Å²) in [4.78, 5) is 2.43. The van der Waals surface area contributed by atoms with Crippen LogP contribution in [0.25, 0.3) is 39.1 Å². The van der Waals surface area contributed by atoms with Crippen molar-refractivity contribution in [1.82, 2.24) is 0 Å². The third-order valence-corrected chi connectivity index (χ3v) is 13.0. The van der Waals surface area contributed by atoms with Crippen LogP contribution in [0, 0.1) is 0 Å². The monoisotopic (exact) mass is 795 g/mol. The summed E-state index contributed by atoms with van der Waals surface area (Å²) >= 11 is 0. The van der Waals surface area contributed by atoms with Gasteiger partial charge in [-0.15, -0.1) is 0 Å². The van der Waals surface area contributed by atoms with Crippen LogP contribution in [0.4, 0.5) is 17.1 Å². The lowest BCUT2D eigenvalue weighted by atomic mass is 9.64. The summed E-state index contributed by atoms with van der Waals surface area (Å²) in [5.41, 5.74) is 33.3. The number of benzene rings is 9. The third-order valence-electron chi connectivity index (χ3n) is 13.0. The van der Waals surface area contributed by atoms with E-state index in [9.17, 15) is 0 Å². The normalized spacial score (nSPS) is 14.3.